The molecule has 4 aromatic rings. The minimum Gasteiger partial charge on any atom is -0.399 e. The first-order valence-corrected chi connectivity index (χ1v) is 11.3. The van der Waals surface area contributed by atoms with Crippen LogP contribution in [0.15, 0.2) is 78.9 Å². The third-order valence-electron chi connectivity index (χ3n) is 6.47. The topological polar surface area (TPSA) is 57.1 Å². The summed E-state index contributed by atoms with van der Waals surface area (Å²) in [6.07, 6.45) is 0. The fraction of sp³-hybridized carbons (Fsp3) is 0.222. The first-order valence-electron chi connectivity index (χ1n) is 11.3. The molecule has 0 bridgehead atoms. The minimum absolute atomic E-state index is 0.350. The molecule has 34 heavy (non-hydrogen) atoms. The Kier molecular flexibility index (Phi) is 5.54. The van der Waals surface area contributed by atoms with Crippen LogP contribution in [0.5, 0.6) is 0 Å². The Bertz CT molecular complexity index is 1260. The van der Waals surface area contributed by atoms with Crippen molar-refractivity contribution in [3.63, 3.8) is 0 Å². The predicted molar refractivity (Wildman–Crippen MR) is 132 cm³/mol. The molecule has 0 unspecified atom stereocenters. The van der Waals surface area contributed by atoms with Crippen molar-refractivity contribution in [1.82, 2.24) is 15.0 Å². The van der Waals surface area contributed by atoms with Crippen LogP contribution in [0.3, 0.4) is 0 Å². The molecular weight excluding hydrogens is 428 g/mol. The van der Waals surface area contributed by atoms with Crippen LogP contribution < -0.4 is 5.46 Å². The second-order valence-corrected chi connectivity index (χ2v) is 9.36. The van der Waals surface area contributed by atoms with Crippen molar-refractivity contribution in [3.8, 4) is 34.2 Å². The van der Waals surface area contributed by atoms with Gasteiger partial charge in [0.1, 0.15) is 5.82 Å². The van der Waals surface area contributed by atoms with Crippen molar-refractivity contribution in [2.24, 2.45) is 0 Å². The largest absolute Gasteiger partial charge is 0.497 e. The van der Waals surface area contributed by atoms with Crippen LogP contribution in [0, 0.1) is 5.82 Å². The number of nitrogens with zero attached hydrogens (tertiary/aromatic N) is 3. The predicted octanol–water partition coefficient (Wildman–Crippen LogP) is 5.31. The first-order chi connectivity index (χ1) is 16.2. The quantitative estimate of drug-likeness (QED) is 0.392. The van der Waals surface area contributed by atoms with Gasteiger partial charge in [0.25, 0.3) is 0 Å². The molecule has 0 spiro atoms. The molecule has 0 saturated carbocycles. The molecule has 3 aromatic carbocycles. The lowest BCUT2D eigenvalue weighted by molar-refractivity contribution is 0.00578. The molecule has 0 amide bonds. The van der Waals surface area contributed by atoms with E-state index in [4.69, 9.17) is 9.31 Å². The van der Waals surface area contributed by atoms with Gasteiger partial charge in [0.2, 0.25) is 0 Å². The average Bonchev–Trinajstić information content (AvgIpc) is 3.06. The van der Waals surface area contributed by atoms with E-state index in [9.17, 15) is 0 Å². The number of hydrogen-bond donors (Lipinski definition) is 0. The summed E-state index contributed by atoms with van der Waals surface area (Å²) in [6.45, 7) is 7.78. The summed E-state index contributed by atoms with van der Waals surface area (Å²) >= 11 is 0. The van der Waals surface area contributed by atoms with Crippen molar-refractivity contribution in [2.75, 3.05) is 0 Å². The van der Waals surface area contributed by atoms with Crippen molar-refractivity contribution in [2.45, 2.75) is 38.9 Å². The minimum atomic E-state index is -0.780. The summed E-state index contributed by atoms with van der Waals surface area (Å²) in [5.41, 5.74) is 1.52. The van der Waals surface area contributed by atoms with E-state index in [1.54, 1.807) is 12.1 Å². The van der Waals surface area contributed by atoms with Crippen LogP contribution in [0.1, 0.15) is 27.7 Å². The van der Waals surface area contributed by atoms with Gasteiger partial charge < -0.3 is 9.31 Å². The molecule has 1 aliphatic heterocycles. The van der Waals surface area contributed by atoms with Crippen LogP contribution in [0.25, 0.3) is 34.2 Å². The molecular formula is C27H25BFN3O2. The summed E-state index contributed by atoms with van der Waals surface area (Å²) in [7, 11) is -0.780. The highest BCUT2D eigenvalue weighted by atomic mass is 19.1. The van der Waals surface area contributed by atoms with Gasteiger partial charge in [0.05, 0.1) is 11.2 Å². The molecule has 5 rings (SSSR count). The summed E-state index contributed by atoms with van der Waals surface area (Å²) in [6, 6.07) is 24.3. The van der Waals surface area contributed by atoms with Crippen LogP contribution in [0.4, 0.5) is 4.39 Å². The van der Waals surface area contributed by atoms with Gasteiger partial charge >= 0.3 is 7.12 Å². The van der Waals surface area contributed by atoms with Crippen LogP contribution >= 0.6 is 0 Å². The van der Waals surface area contributed by atoms with Gasteiger partial charge in [-0.2, -0.15) is 0 Å². The van der Waals surface area contributed by atoms with Gasteiger partial charge in [0.15, 0.2) is 17.5 Å². The molecule has 0 radical (unpaired) electrons. The molecule has 1 aliphatic rings. The average molecular weight is 453 g/mol. The van der Waals surface area contributed by atoms with Gasteiger partial charge in [-0.1, -0.05) is 72.8 Å². The normalized spacial score (nSPS) is 16.6. The third kappa shape index (κ3) is 4.13. The van der Waals surface area contributed by atoms with Crippen molar-refractivity contribution < 1.29 is 13.7 Å². The molecule has 170 valence electrons. The fourth-order valence-electron chi connectivity index (χ4n) is 3.77. The smallest absolute Gasteiger partial charge is 0.399 e. The fourth-order valence-corrected chi connectivity index (χ4v) is 3.77. The maximum Gasteiger partial charge on any atom is 0.497 e. The van der Waals surface area contributed by atoms with E-state index in [0.29, 0.717) is 28.5 Å². The standard InChI is InChI=1S/C27H25BFN3O2/c1-26(2)27(3,4)34-28(33-26)21-16-15-20(17-22(21)29)25-31-23(18-11-7-5-8-12-18)30-24(32-25)19-13-9-6-10-14-19/h5-17H,1-4H3. The van der Waals surface area contributed by atoms with E-state index in [1.807, 2.05) is 88.4 Å². The van der Waals surface area contributed by atoms with Crippen LogP contribution in [0.2, 0.25) is 0 Å². The number of hydrogen-bond acceptors (Lipinski definition) is 5. The second-order valence-electron chi connectivity index (χ2n) is 9.36. The monoisotopic (exact) mass is 453 g/mol. The number of aromatic nitrogens is 3. The zero-order valence-corrected chi connectivity index (χ0v) is 19.6. The number of halogens is 1. The zero-order valence-electron chi connectivity index (χ0n) is 19.6. The number of rotatable bonds is 4. The van der Waals surface area contributed by atoms with E-state index in [0.717, 1.165) is 11.1 Å². The Balaban J connectivity index is 1.56. The Morgan fingerprint density at radius 1 is 0.618 bits per heavy atom. The molecule has 1 fully saturated rings. The van der Waals surface area contributed by atoms with Crippen LogP contribution in [-0.4, -0.2) is 33.3 Å². The summed E-state index contributed by atoms with van der Waals surface area (Å²) in [5, 5.41) is 0. The Hall–Kier alpha value is -3.42. The van der Waals surface area contributed by atoms with Gasteiger partial charge in [-0.05, 0) is 33.8 Å². The van der Waals surface area contributed by atoms with Gasteiger partial charge in [0, 0.05) is 22.2 Å². The lowest BCUT2D eigenvalue weighted by Gasteiger charge is -2.32. The maximum atomic E-state index is 15.3. The molecule has 7 heteroatoms. The zero-order chi connectivity index (χ0) is 23.9. The molecule has 0 atom stereocenters. The second kappa shape index (κ2) is 8.42. The maximum absolute atomic E-state index is 15.3. The van der Waals surface area contributed by atoms with Crippen LogP contribution in [-0.2, 0) is 9.31 Å². The lowest BCUT2D eigenvalue weighted by atomic mass is 9.78. The van der Waals surface area contributed by atoms with Crippen molar-refractivity contribution >= 4 is 12.6 Å². The van der Waals surface area contributed by atoms with Gasteiger partial charge in [-0.3, -0.25) is 0 Å². The lowest BCUT2D eigenvalue weighted by Crippen LogP contribution is -2.41. The molecule has 1 aromatic heterocycles. The summed E-state index contributed by atoms with van der Waals surface area (Å²) in [4.78, 5) is 14.0. The number of benzene rings is 3. The molecule has 2 heterocycles. The van der Waals surface area contributed by atoms with E-state index >= 15 is 4.39 Å². The third-order valence-corrected chi connectivity index (χ3v) is 6.47. The highest BCUT2D eigenvalue weighted by Gasteiger charge is 2.52. The van der Waals surface area contributed by atoms with Gasteiger partial charge in [-0.25, -0.2) is 19.3 Å². The van der Waals surface area contributed by atoms with Crippen molar-refractivity contribution in [3.05, 3.63) is 84.7 Å². The Morgan fingerprint density at radius 3 is 1.50 bits per heavy atom. The van der Waals surface area contributed by atoms with Gasteiger partial charge in [-0.15, -0.1) is 0 Å². The molecule has 0 aliphatic carbocycles. The van der Waals surface area contributed by atoms with E-state index in [2.05, 4.69) is 15.0 Å². The molecule has 1 saturated heterocycles. The Labute approximate surface area is 199 Å². The summed E-state index contributed by atoms with van der Waals surface area (Å²) in [5.74, 6) is 1.02. The Morgan fingerprint density at radius 2 is 1.06 bits per heavy atom. The van der Waals surface area contributed by atoms with E-state index in [1.165, 1.54) is 6.07 Å². The SMILES string of the molecule is CC1(C)OB(c2ccc(-c3nc(-c4ccccc4)nc(-c4ccccc4)n3)cc2F)OC1(C)C. The first kappa shape index (κ1) is 22.4. The van der Waals surface area contributed by atoms with Crippen molar-refractivity contribution in [1.29, 1.82) is 0 Å². The highest BCUT2D eigenvalue weighted by Crippen LogP contribution is 2.37. The van der Waals surface area contributed by atoms with E-state index in [-0.39, 0.29) is 0 Å². The molecule has 5 nitrogen and oxygen atoms in total. The highest BCUT2D eigenvalue weighted by molar-refractivity contribution is 6.62. The molecule has 0 N–H and O–H groups in total. The summed E-state index contributed by atoms with van der Waals surface area (Å²) < 4.78 is 27.4. The van der Waals surface area contributed by atoms with E-state index < -0.39 is 24.1 Å².